The maximum Gasteiger partial charge on any atom is 0.416 e. The first-order valence-electron chi connectivity index (χ1n) is 7.04. The van der Waals surface area contributed by atoms with E-state index in [4.69, 9.17) is 5.73 Å². The normalized spacial score (nSPS) is 14.5. The Morgan fingerprint density at radius 3 is 2.71 bits per heavy atom. The van der Waals surface area contributed by atoms with E-state index in [1.807, 2.05) is 0 Å². The third kappa shape index (κ3) is 2.61. The molecule has 0 saturated carbocycles. The largest absolute Gasteiger partial charge is 0.416 e. The lowest BCUT2D eigenvalue weighted by molar-refractivity contribution is -0.138. The standard InChI is InChI=1S/C15H13F3N4O2/c1-7-8(3-2-4-10(7)15(16,17)18)5-9-13(19)21-22-12(24)6-11(23)20-14(9)22/h2-4H,5-6H2,1H3,(H2,19,21)(H,20,23). The molecule has 0 fully saturated rings. The molecule has 126 valence electrons. The summed E-state index contributed by atoms with van der Waals surface area (Å²) in [6.07, 6.45) is -4.80. The van der Waals surface area contributed by atoms with Crippen LogP contribution in [0.5, 0.6) is 0 Å². The van der Waals surface area contributed by atoms with Crippen LogP contribution in [0.4, 0.5) is 24.8 Å². The van der Waals surface area contributed by atoms with Crippen molar-refractivity contribution in [2.24, 2.45) is 0 Å². The molecule has 1 aromatic heterocycles. The van der Waals surface area contributed by atoms with Crippen LogP contribution < -0.4 is 11.1 Å². The Balaban J connectivity index is 2.05. The molecule has 0 saturated heterocycles. The van der Waals surface area contributed by atoms with Gasteiger partial charge in [0.1, 0.15) is 12.2 Å². The number of carbonyl (C=O) groups excluding carboxylic acids is 2. The number of nitrogen functional groups attached to an aromatic ring is 1. The molecule has 1 amide bonds. The Hall–Kier alpha value is -2.84. The van der Waals surface area contributed by atoms with Crippen molar-refractivity contribution in [2.75, 3.05) is 11.1 Å². The molecule has 0 unspecified atom stereocenters. The molecule has 3 rings (SSSR count). The summed E-state index contributed by atoms with van der Waals surface area (Å²) in [6, 6.07) is 3.85. The maximum atomic E-state index is 13.0. The number of fused-ring (bicyclic) bond motifs is 1. The van der Waals surface area contributed by atoms with Crippen LogP contribution in [0.15, 0.2) is 18.2 Å². The molecule has 1 aliphatic heterocycles. The van der Waals surface area contributed by atoms with Crippen molar-refractivity contribution >= 4 is 23.5 Å². The smallest absolute Gasteiger partial charge is 0.382 e. The number of nitrogens with zero attached hydrogens (tertiary/aromatic N) is 2. The Kier molecular flexibility index (Phi) is 3.58. The number of halogens is 3. The summed E-state index contributed by atoms with van der Waals surface area (Å²) in [5, 5.41) is 6.37. The molecule has 0 atom stereocenters. The van der Waals surface area contributed by atoms with Gasteiger partial charge in [0.05, 0.1) is 5.56 Å². The van der Waals surface area contributed by atoms with E-state index in [1.165, 1.54) is 13.0 Å². The number of alkyl halides is 3. The molecule has 0 bridgehead atoms. The first-order valence-corrected chi connectivity index (χ1v) is 7.04. The molecule has 3 N–H and O–H groups in total. The van der Waals surface area contributed by atoms with E-state index in [0.717, 1.165) is 10.7 Å². The van der Waals surface area contributed by atoms with Crippen LogP contribution in [0.2, 0.25) is 0 Å². The van der Waals surface area contributed by atoms with Crippen LogP contribution in [0, 0.1) is 6.92 Å². The summed E-state index contributed by atoms with van der Waals surface area (Å²) >= 11 is 0. The van der Waals surface area contributed by atoms with Crippen LogP contribution in [0.1, 0.15) is 33.5 Å². The number of amides is 1. The zero-order chi connectivity index (χ0) is 17.6. The van der Waals surface area contributed by atoms with Gasteiger partial charge in [0, 0.05) is 12.0 Å². The van der Waals surface area contributed by atoms with Crippen molar-refractivity contribution in [1.82, 2.24) is 9.78 Å². The number of hydrogen-bond acceptors (Lipinski definition) is 4. The Labute approximate surface area is 134 Å². The molecular formula is C15H13F3N4O2. The van der Waals surface area contributed by atoms with E-state index in [1.54, 1.807) is 6.07 Å². The second-order valence-electron chi connectivity index (χ2n) is 5.51. The van der Waals surface area contributed by atoms with E-state index < -0.39 is 23.6 Å². The minimum atomic E-state index is -4.46. The van der Waals surface area contributed by atoms with Crippen molar-refractivity contribution < 1.29 is 22.8 Å². The van der Waals surface area contributed by atoms with E-state index in [-0.39, 0.29) is 30.0 Å². The average Bonchev–Trinajstić information content (AvgIpc) is 2.77. The zero-order valence-corrected chi connectivity index (χ0v) is 12.6. The third-order valence-corrected chi connectivity index (χ3v) is 3.94. The fraction of sp³-hybridized carbons (Fsp3) is 0.267. The minimum absolute atomic E-state index is 0.00244. The lowest BCUT2D eigenvalue weighted by Gasteiger charge is -2.16. The lowest BCUT2D eigenvalue weighted by Crippen LogP contribution is -2.30. The van der Waals surface area contributed by atoms with Gasteiger partial charge in [0.2, 0.25) is 5.91 Å². The van der Waals surface area contributed by atoms with Crippen LogP contribution in [-0.2, 0) is 17.4 Å². The third-order valence-electron chi connectivity index (χ3n) is 3.94. The highest BCUT2D eigenvalue weighted by atomic mass is 19.4. The van der Waals surface area contributed by atoms with E-state index >= 15 is 0 Å². The van der Waals surface area contributed by atoms with Crippen LogP contribution in [0.25, 0.3) is 0 Å². The molecule has 0 aliphatic carbocycles. The number of nitrogens with one attached hydrogen (secondary N) is 1. The quantitative estimate of drug-likeness (QED) is 0.823. The van der Waals surface area contributed by atoms with E-state index in [9.17, 15) is 22.8 Å². The van der Waals surface area contributed by atoms with E-state index in [0.29, 0.717) is 11.1 Å². The molecule has 2 aromatic rings. The van der Waals surface area contributed by atoms with Gasteiger partial charge in [-0.1, -0.05) is 12.1 Å². The first-order chi connectivity index (χ1) is 11.2. The molecule has 1 aliphatic rings. The SMILES string of the molecule is Cc1c(Cc2c(N)nn3c2NC(=O)CC3=O)cccc1C(F)(F)F. The highest BCUT2D eigenvalue weighted by Gasteiger charge is 2.33. The fourth-order valence-electron chi connectivity index (χ4n) is 2.71. The first kappa shape index (κ1) is 16.0. The number of anilines is 2. The average molecular weight is 338 g/mol. The number of nitrogens with two attached hydrogens (primary N) is 1. The Morgan fingerprint density at radius 1 is 1.33 bits per heavy atom. The van der Waals surface area contributed by atoms with Gasteiger partial charge < -0.3 is 11.1 Å². The Bertz CT molecular complexity index is 855. The van der Waals surface area contributed by atoms with Crippen LogP contribution >= 0.6 is 0 Å². The highest BCUT2D eigenvalue weighted by Crippen LogP contribution is 2.35. The minimum Gasteiger partial charge on any atom is -0.382 e. The molecular weight excluding hydrogens is 325 g/mol. The van der Waals surface area contributed by atoms with Gasteiger partial charge in [0.15, 0.2) is 5.82 Å². The number of aromatic nitrogens is 2. The highest BCUT2D eigenvalue weighted by molar-refractivity contribution is 6.09. The summed E-state index contributed by atoms with van der Waals surface area (Å²) in [7, 11) is 0. The summed E-state index contributed by atoms with van der Waals surface area (Å²) in [5.41, 5.74) is 5.83. The number of benzene rings is 1. The van der Waals surface area contributed by atoms with Crippen molar-refractivity contribution in [3.05, 3.63) is 40.5 Å². The van der Waals surface area contributed by atoms with Gasteiger partial charge in [-0.2, -0.15) is 17.9 Å². The van der Waals surface area contributed by atoms with Crippen LogP contribution in [0.3, 0.4) is 0 Å². The van der Waals surface area contributed by atoms with Crippen LogP contribution in [-0.4, -0.2) is 21.6 Å². The van der Waals surface area contributed by atoms with Crippen molar-refractivity contribution in [3.8, 4) is 0 Å². The van der Waals surface area contributed by atoms with Gasteiger partial charge >= 0.3 is 6.18 Å². The zero-order valence-electron chi connectivity index (χ0n) is 12.6. The summed E-state index contributed by atoms with van der Waals surface area (Å²) in [4.78, 5) is 23.3. The monoisotopic (exact) mass is 338 g/mol. The number of rotatable bonds is 2. The van der Waals surface area contributed by atoms with Crippen molar-refractivity contribution in [1.29, 1.82) is 0 Å². The number of carbonyl (C=O) groups is 2. The molecule has 2 heterocycles. The van der Waals surface area contributed by atoms with Crippen molar-refractivity contribution in [3.63, 3.8) is 0 Å². The van der Waals surface area contributed by atoms with E-state index in [2.05, 4.69) is 10.4 Å². The Morgan fingerprint density at radius 2 is 2.04 bits per heavy atom. The van der Waals surface area contributed by atoms with Gasteiger partial charge in [-0.3, -0.25) is 9.59 Å². The summed E-state index contributed by atoms with van der Waals surface area (Å²) in [5.74, 6) is -0.926. The molecule has 24 heavy (non-hydrogen) atoms. The predicted octanol–water partition coefficient (Wildman–Crippen LogP) is 2.37. The van der Waals surface area contributed by atoms with Crippen molar-refractivity contribution in [2.45, 2.75) is 25.9 Å². The fourth-order valence-corrected chi connectivity index (χ4v) is 2.71. The van der Waals surface area contributed by atoms with Gasteiger partial charge in [0.25, 0.3) is 5.91 Å². The van der Waals surface area contributed by atoms with Gasteiger partial charge in [-0.05, 0) is 24.1 Å². The molecule has 9 heteroatoms. The summed E-state index contributed by atoms with van der Waals surface area (Å²) in [6.45, 7) is 1.37. The molecule has 0 radical (unpaired) electrons. The lowest BCUT2D eigenvalue weighted by atomic mass is 9.97. The second kappa shape index (κ2) is 5.36. The topological polar surface area (TPSA) is 90.0 Å². The molecule has 1 aromatic carbocycles. The van der Waals surface area contributed by atoms with Gasteiger partial charge in [-0.15, -0.1) is 5.10 Å². The molecule has 6 nitrogen and oxygen atoms in total. The second-order valence-corrected chi connectivity index (χ2v) is 5.51. The predicted molar refractivity (Wildman–Crippen MR) is 79.5 cm³/mol. The maximum absolute atomic E-state index is 13.0. The molecule has 0 spiro atoms. The number of hydrogen-bond donors (Lipinski definition) is 2. The van der Waals surface area contributed by atoms with Gasteiger partial charge in [-0.25, -0.2) is 0 Å². The summed E-state index contributed by atoms with van der Waals surface area (Å²) < 4.78 is 40.0.